The first-order chi connectivity index (χ1) is 14.6. The van der Waals surface area contributed by atoms with Gasteiger partial charge in [-0.3, -0.25) is 0 Å². The fourth-order valence-electron chi connectivity index (χ4n) is 5.71. The molecule has 11 atom stereocenters. The molecular weight excluding hydrogens is 412 g/mol. The molecule has 0 unspecified atom stereocenters. The van der Waals surface area contributed by atoms with Gasteiger partial charge in [0.05, 0.1) is 31.5 Å². The van der Waals surface area contributed by atoms with E-state index >= 15 is 0 Å². The van der Waals surface area contributed by atoms with Gasteiger partial charge >= 0.3 is 0 Å². The van der Waals surface area contributed by atoms with Crippen LogP contribution in [-0.4, -0.2) is 104 Å². The Morgan fingerprint density at radius 2 is 1.87 bits per heavy atom. The summed E-state index contributed by atoms with van der Waals surface area (Å²) >= 11 is 0. The van der Waals surface area contributed by atoms with Crippen molar-refractivity contribution in [3.05, 3.63) is 23.8 Å². The fraction of sp³-hybridized carbons (Fsp3) is 0.810. The van der Waals surface area contributed by atoms with Gasteiger partial charge in [0.1, 0.15) is 24.4 Å². The second-order valence-electron chi connectivity index (χ2n) is 9.31. The molecule has 2 aliphatic heterocycles. The van der Waals surface area contributed by atoms with E-state index in [2.05, 4.69) is 6.58 Å². The van der Waals surface area contributed by atoms with Crippen LogP contribution in [-0.2, 0) is 14.2 Å². The van der Waals surface area contributed by atoms with Crippen LogP contribution >= 0.6 is 0 Å². The van der Waals surface area contributed by atoms with Gasteiger partial charge in [0.25, 0.3) is 0 Å². The molecule has 0 aromatic carbocycles. The van der Waals surface area contributed by atoms with Crippen LogP contribution in [0.1, 0.15) is 19.8 Å². The molecule has 10 heteroatoms. The number of ether oxygens (including phenoxy) is 3. The largest absolute Gasteiger partial charge is 0.394 e. The number of hydrogen-bond donors (Lipinski definition) is 7. The normalized spacial score (nSPS) is 52.5. The van der Waals surface area contributed by atoms with Gasteiger partial charge in [-0.15, -0.1) is 0 Å². The molecule has 4 aliphatic rings. The van der Waals surface area contributed by atoms with Crippen LogP contribution in [0.2, 0.25) is 0 Å². The molecule has 0 amide bonds. The van der Waals surface area contributed by atoms with Crippen molar-refractivity contribution < 1.29 is 50.0 Å². The molecule has 7 N–H and O–H groups in total. The van der Waals surface area contributed by atoms with Crippen molar-refractivity contribution in [1.82, 2.24) is 0 Å². The lowest BCUT2D eigenvalue weighted by Gasteiger charge is -2.59. The van der Waals surface area contributed by atoms with E-state index in [4.69, 9.17) is 14.2 Å². The van der Waals surface area contributed by atoms with Crippen molar-refractivity contribution in [2.45, 2.75) is 68.5 Å². The van der Waals surface area contributed by atoms with Crippen LogP contribution in [0.25, 0.3) is 0 Å². The van der Waals surface area contributed by atoms with Gasteiger partial charge in [-0.2, -0.15) is 0 Å². The standard InChI is InChI=1S/C21H32O10/c1-9-11(8-30-19-17(26)16(25)15(24)12(6-22)31-19)5-13(23)20(2)14-10(7-29-18(14)27)3-4-21(9,20)28/h3,11-19,22-28H,1,4-8H2,2H3/t11-,12-,13-,14-,15-,16+,17-,18-,19-,20-,21-/m1/s1. The van der Waals surface area contributed by atoms with Crippen LogP contribution < -0.4 is 0 Å². The first kappa shape index (κ1) is 23.2. The number of aliphatic hydroxyl groups is 7. The summed E-state index contributed by atoms with van der Waals surface area (Å²) in [4.78, 5) is 0. The van der Waals surface area contributed by atoms with Crippen molar-refractivity contribution in [2.75, 3.05) is 19.8 Å². The third-order valence-electron chi connectivity index (χ3n) is 7.84. The van der Waals surface area contributed by atoms with Crippen LogP contribution in [0, 0.1) is 17.3 Å². The molecule has 0 aromatic heterocycles. The average molecular weight is 444 g/mol. The monoisotopic (exact) mass is 444 g/mol. The van der Waals surface area contributed by atoms with E-state index in [0.717, 1.165) is 5.57 Å². The van der Waals surface area contributed by atoms with E-state index in [1.165, 1.54) is 0 Å². The summed E-state index contributed by atoms with van der Waals surface area (Å²) in [7, 11) is 0. The Balaban J connectivity index is 1.51. The van der Waals surface area contributed by atoms with Crippen LogP contribution in [0.5, 0.6) is 0 Å². The highest BCUT2D eigenvalue weighted by Crippen LogP contribution is 2.60. The molecule has 10 nitrogen and oxygen atoms in total. The quantitative estimate of drug-likeness (QED) is 0.236. The van der Waals surface area contributed by atoms with Gasteiger partial charge in [-0.05, 0) is 24.0 Å². The Labute approximate surface area is 180 Å². The second kappa shape index (κ2) is 8.14. The lowest BCUT2D eigenvalue weighted by atomic mass is 9.49. The van der Waals surface area contributed by atoms with Gasteiger partial charge in [-0.25, -0.2) is 0 Å². The minimum Gasteiger partial charge on any atom is -0.394 e. The number of fused-ring (bicyclic) bond motifs is 3. The zero-order chi connectivity index (χ0) is 22.7. The Morgan fingerprint density at radius 1 is 1.16 bits per heavy atom. The van der Waals surface area contributed by atoms with E-state index in [9.17, 15) is 35.7 Å². The van der Waals surface area contributed by atoms with E-state index in [1.807, 2.05) is 6.08 Å². The van der Waals surface area contributed by atoms with E-state index in [1.54, 1.807) is 6.92 Å². The molecule has 1 saturated carbocycles. The molecule has 4 rings (SSSR count). The zero-order valence-electron chi connectivity index (χ0n) is 17.4. The maximum atomic E-state index is 11.7. The van der Waals surface area contributed by atoms with Crippen molar-refractivity contribution in [3.63, 3.8) is 0 Å². The smallest absolute Gasteiger partial charge is 0.186 e. The Bertz CT molecular complexity index is 740. The predicted octanol–water partition coefficient (Wildman–Crippen LogP) is -2.23. The fourth-order valence-corrected chi connectivity index (χ4v) is 5.71. The van der Waals surface area contributed by atoms with Crippen molar-refractivity contribution >= 4 is 0 Å². The molecular formula is C21H32O10. The van der Waals surface area contributed by atoms with Gasteiger partial charge in [0.2, 0.25) is 0 Å². The van der Waals surface area contributed by atoms with E-state index < -0.39 is 72.6 Å². The molecule has 0 radical (unpaired) electrons. The lowest BCUT2D eigenvalue weighted by Crippen LogP contribution is -2.65. The minimum absolute atomic E-state index is 0.0860. The molecule has 176 valence electrons. The molecule has 2 aliphatic carbocycles. The summed E-state index contributed by atoms with van der Waals surface area (Å²) in [6.07, 6.45) is -6.92. The van der Waals surface area contributed by atoms with Crippen molar-refractivity contribution in [2.24, 2.45) is 17.3 Å². The summed E-state index contributed by atoms with van der Waals surface area (Å²) < 4.78 is 16.4. The molecule has 2 heterocycles. The minimum atomic E-state index is -1.56. The highest BCUT2D eigenvalue weighted by atomic mass is 16.7. The van der Waals surface area contributed by atoms with Crippen molar-refractivity contribution in [3.8, 4) is 0 Å². The van der Waals surface area contributed by atoms with Gasteiger partial charge in [0, 0.05) is 17.3 Å². The molecule has 31 heavy (non-hydrogen) atoms. The summed E-state index contributed by atoms with van der Waals surface area (Å²) in [6, 6.07) is 0. The van der Waals surface area contributed by atoms with Crippen molar-refractivity contribution in [1.29, 1.82) is 0 Å². The second-order valence-corrected chi connectivity index (χ2v) is 9.31. The average Bonchev–Trinajstić information content (AvgIpc) is 3.13. The third kappa shape index (κ3) is 3.33. The molecule has 3 fully saturated rings. The van der Waals surface area contributed by atoms with Crippen LogP contribution in [0.15, 0.2) is 23.8 Å². The Morgan fingerprint density at radius 3 is 2.55 bits per heavy atom. The maximum Gasteiger partial charge on any atom is 0.186 e. The lowest BCUT2D eigenvalue weighted by molar-refractivity contribution is -0.304. The predicted molar refractivity (Wildman–Crippen MR) is 104 cm³/mol. The highest BCUT2D eigenvalue weighted by Gasteiger charge is 2.66. The number of hydrogen-bond acceptors (Lipinski definition) is 10. The number of rotatable bonds is 4. The zero-order valence-corrected chi connectivity index (χ0v) is 17.4. The summed E-state index contributed by atoms with van der Waals surface area (Å²) in [5, 5.41) is 72.4. The molecule has 0 spiro atoms. The van der Waals surface area contributed by atoms with Crippen LogP contribution in [0.3, 0.4) is 0 Å². The van der Waals surface area contributed by atoms with E-state index in [-0.39, 0.29) is 26.1 Å². The first-order valence-corrected chi connectivity index (χ1v) is 10.6. The topological polar surface area (TPSA) is 169 Å². The molecule has 0 bridgehead atoms. The summed E-state index contributed by atoms with van der Waals surface area (Å²) in [5.74, 6) is -1.07. The summed E-state index contributed by atoms with van der Waals surface area (Å²) in [5.41, 5.74) is -1.34. The first-order valence-electron chi connectivity index (χ1n) is 10.6. The third-order valence-corrected chi connectivity index (χ3v) is 7.84. The maximum absolute atomic E-state index is 11.7. The van der Waals surface area contributed by atoms with Crippen LogP contribution in [0.4, 0.5) is 0 Å². The Hall–Kier alpha value is -0.920. The van der Waals surface area contributed by atoms with Gasteiger partial charge in [0.15, 0.2) is 12.6 Å². The number of aliphatic hydroxyl groups excluding tert-OH is 6. The molecule has 0 aromatic rings. The molecule has 2 saturated heterocycles. The van der Waals surface area contributed by atoms with Gasteiger partial charge < -0.3 is 50.0 Å². The van der Waals surface area contributed by atoms with E-state index in [0.29, 0.717) is 5.57 Å². The Kier molecular flexibility index (Phi) is 6.10. The highest BCUT2D eigenvalue weighted by molar-refractivity contribution is 5.37. The van der Waals surface area contributed by atoms with Gasteiger partial charge in [-0.1, -0.05) is 19.6 Å². The SMILES string of the molecule is C=C1[C@@H](CO[C@@H]2O[C@H](CO)[C@@H](O)[C@H](O)[C@H]2O)C[C@@H](O)[C@]2(C)[C@@H]3C(=CC[C@@]12O)CO[C@H]3O. The summed E-state index contributed by atoms with van der Waals surface area (Å²) in [6.45, 7) is 5.41.